The average molecular weight is 444 g/mol. The molecule has 2 rings (SSSR count). The number of halogens is 2. The minimum Gasteiger partial charge on any atom is -0.319 e. The van der Waals surface area contributed by atoms with Crippen LogP contribution >= 0.6 is 34.2 Å². The molecule has 1 saturated heterocycles. The van der Waals surface area contributed by atoms with E-state index >= 15 is 0 Å². The van der Waals surface area contributed by atoms with Crippen molar-refractivity contribution in [3.05, 3.63) is 26.8 Å². The zero-order valence-electron chi connectivity index (χ0n) is 11.8. The number of anilines is 1. The second-order valence-corrected chi connectivity index (χ2v) is 8.40. The maximum absolute atomic E-state index is 12.4. The van der Waals surface area contributed by atoms with E-state index in [0.29, 0.717) is 29.7 Å². The topological polar surface area (TPSA) is 61.4 Å². The van der Waals surface area contributed by atoms with Crippen molar-refractivity contribution in [2.24, 2.45) is 5.92 Å². The first-order chi connectivity index (χ1) is 9.92. The van der Waals surface area contributed by atoms with Crippen LogP contribution < -0.4 is 10.0 Å². The SMILES string of the molecule is CNCC1CCN(S(=O)(=O)Nc2ccc(Cl)cc2I)CC1. The molecule has 1 aliphatic heterocycles. The van der Waals surface area contributed by atoms with E-state index in [0.717, 1.165) is 23.0 Å². The highest BCUT2D eigenvalue weighted by Gasteiger charge is 2.28. The summed E-state index contributed by atoms with van der Waals surface area (Å²) < 4.78 is 29.8. The Hall–Kier alpha value is -0.0900. The smallest absolute Gasteiger partial charge is 0.301 e. The van der Waals surface area contributed by atoms with E-state index in [-0.39, 0.29) is 0 Å². The molecule has 0 unspecified atom stereocenters. The van der Waals surface area contributed by atoms with Crippen LogP contribution in [-0.2, 0) is 10.2 Å². The van der Waals surface area contributed by atoms with Gasteiger partial charge in [0.25, 0.3) is 0 Å². The fourth-order valence-corrected chi connectivity index (χ4v) is 4.88. The first-order valence-electron chi connectivity index (χ1n) is 6.80. The Kier molecular flexibility index (Phi) is 6.13. The Morgan fingerprint density at radius 2 is 2.05 bits per heavy atom. The van der Waals surface area contributed by atoms with E-state index in [1.165, 1.54) is 4.31 Å². The molecule has 0 aromatic heterocycles. The van der Waals surface area contributed by atoms with E-state index in [2.05, 4.69) is 32.6 Å². The number of benzene rings is 1. The van der Waals surface area contributed by atoms with Crippen molar-refractivity contribution >= 4 is 50.1 Å². The normalized spacial score (nSPS) is 17.9. The van der Waals surface area contributed by atoms with Gasteiger partial charge in [-0.05, 0) is 73.1 Å². The summed E-state index contributed by atoms with van der Waals surface area (Å²) in [6.45, 7) is 2.06. The molecule has 0 radical (unpaired) electrons. The molecule has 0 aliphatic carbocycles. The van der Waals surface area contributed by atoms with Gasteiger partial charge in [0, 0.05) is 21.7 Å². The van der Waals surface area contributed by atoms with Gasteiger partial charge in [0.15, 0.2) is 0 Å². The highest BCUT2D eigenvalue weighted by atomic mass is 127. The van der Waals surface area contributed by atoms with Crippen LogP contribution in [0, 0.1) is 9.49 Å². The Balaban J connectivity index is 2.02. The first-order valence-corrected chi connectivity index (χ1v) is 9.69. The lowest BCUT2D eigenvalue weighted by Crippen LogP contribution is -2.43. The van der Waals surface area contributed by atoms with E-state index < -0.39 is 10.2 Å². The summed E-state index contributed by atoms with van der Waals surface area (Å²) in [4.78, 5) is 0. The third kappa shape index (κ3) is 4.69. The zero-order chi connectivity index (χ0) is 15.5. The summed E-state index contributed by atoms with van der Waals surface area (Å²) in [7, 11) is -1.57. The van der Waals surface area contributed by atoms with Crippen molar-refractivity contribution in [1.82, 2.24) is 9.62 Å². The van der Waals surface area contributed by atoms with Gasteiger partial charge in [0.1, 0.15) is 0 Å². The molecule has 1 aliphatic rings. The molecule has 0 spiro atoms. The van der Waals surface area contributed by atoms with Crippen LogP contribution in [0.3, 0.4) is 0 Å². The van der Waals surface area contributed by atoms with Gasteiger partial charge < -0.3 is 5.32 Å². The van der Waals surface area contributed by atoms with E-state index in [9.17, 15) is 8.42 Å². The van der Waals surface area contributed by atoms with Crippen molar-refractivity contribution in [3.63, 3.8) is 0 Å². The first kappa shape index (κ1) is 17.3. The minimum atomic E-state index is -3.50. The maximum atomic E-state index is 12.4. The quantitative estimate of drug-likeness (QED) is 0.688. The van der Waals surface area contributed by atoms with Gasteiger partial charge in [-0.15, -0.1) is 0 Å². The summed E-state index contributed by atoms with van der Waals surface area (Å²) in [5.41, 5.74) is 0.567. The van der Waals surface area contributed by atoms with E-state index in [1.54, 1.807) is 18.2 Å². The van der Waals surface area contributed by atoms with Crippen LogP contribution in [0.1, 0.15) is 12.8 Å². The Labute approximate surface area is 144 Å². The Morgan fingerprint density at radius 1 is 1.38 bits per heavy atom. The van der Waals surface area contributed by atoms with Crippen LogP contribution in [-0.4, -0.2) is 39.4 Å². The summed E-state index contributed by atoms with van der Waals surface area (Å²) >= 11 is 7.96. The second-order valence-electron chi connectivity index (χ2n) is 5.13. The summed E-state index contributed by atoms with van der Waals surface area (Å²) in [6, 6.07) is 5.11. The molecule has 21 heavy (non-hydrogen) atoms. The summed E-state index contributed by atoms with van der Waals surface area (Å²) in [5, 5.41) is 3.74. The second kappa shape index (κ2) is 7.45. The lowest BCUT2D eigenvalue weighted by atomic mass is 9.98. The fraction of sp³-hybridized carbons (Fsp3) is 0.538. The molecular weight excluding hydrogens is 425 g/mol. The highest BCUT2D eigenvalue weighted by Crippen LogP contribution is 2.25. The molecule has 118 valence electrons. The molecule has 1 fully saturated rings. The lowest BCUT2D eigenvalue weighted by Gasteiger charge is -2.31. The standard InChI is InChI=1S/C13H19ClIN3O2S/c1-16-9-10-4-6-18(7-5-10)21(19,20)17-13-3-2-11(14)8-12(13)15/h2-3,8,10,16-17H,4-7,9H2,1H3. The molecular formula is C13H19ClIN3O2S. The Bertz CT molecular complexity index is 589. The number of hydrogen-bond acceptors (Lipinski definition) is 3. The van der Waals surface area contributed by atoms with Crippen LogP contribution in [0.2, 0.25) is 5.02 Å². The molecule has 5 nitrogen and oxygen atoms in total. The molecule has 1 heterocycles. The van der Waals surface area contributed by atoms with Gasteiger partial charge in [-0.25, -0.2) is 0 Å². The number of nitrogens with zero attached hydrogens (tertiary/aromatic N) is 1. The van der Waals surface area contributed by atoms with E-state index in [1.807, 2.05) is 7.05 Å². The average Bonchev–Trinajstić information content (AvgIpc) is 2.43. The lowest BCUT2D eigenvalue weighted by molar-refractivity contribution is 0.272. The molecule has 0 saturated carbocycles. The third-order valence-electron chi connectivity index (χ3n) is 3.58. The summed E-state index contributed by atoms with van der Waals surface area (Å²) in [5.74, 6) is 0.553. The van der Waals surface area contributed by atoms with Crippen LogP contribution in [0.4, 0.5) is 5.69 Å². The van der Waals surface area contributed by atoms with E-state index in [4.69, 9.17) is 11.6 Å². The molecule has 8 heteroatoms. The maximum Gasteiger partial charge on any atom is 0.301 e. The number of rotatable bonds is 5. The molecule has 1 aromatic carbocycles. The van der Waals surface area contributed by atoms with Crippen molar-refractivity contribution in [2.45, 2.75) is 12.8 Å². The van der Waals surface area contributed by atoms with Gasteiger partial charge in [0.05, 0.1) is 5.69 Å². The van der Waals surface area contributed by atoms with Gasteiger partial charge >= 0.3 is 10.2 Å². The fourth-order valence-electron chi connectivity index (χ4n) is 2.42. The molecule has 2 N–H and O–H groups in total. The van der Waals surface area contributed by atoms with Crippen molar-refractivity contribution in [3.8, 4) is 0 Å². The van der Waals surface area contributed by atoms with Gasteiger partial charge in [-0.2, -0.15) is 12.7 Å². The monoisotopic (exact) mass is 443 g/mol. The summed E-state index contributed by atoms with van der Waals surface area (Å²) in [6.07, 6.45) is 1.78. The van der Waals surface area contributed by atoms with Crippen molar-refractivity contribution in [1.29, 1.82) is 0 Å². The zero-order valence-corrected chi connectivity index (χ0v) is 15.5. The predicted octanol–water partition coefficient (Wildman–Crippen LogP) is 2.53. The Morgan fingerprint density at radius 3 is 2.62 bits per heavy atom. The largest absolute Gasteiger partial charge is 0.319 e. The van der Waals surface area contributed by atoms with Crippen LogP contribution in [0.25, 0.3) is 0 Å². The number of nitrogens with one attached hydrogen (secondary N) is 2. The third-order valence-corrected chi connectivity index (χ3v) is 6.23. The van der Waals surface area contributed by atoms with Crippen LogP contribution in [0.15, 0.2) is 18.2 Å². The van der Waals surface area contributed by atoms with Gasteiger partial charge in [-0.1, -0.05) is 11.6 Å². The van der Waals surface area contributed by atoms with Crippen molar-refractivity contribution in [2.75, 3.05) is 31.4 Å². The van der Waals surface area contributed by atoms with Gasteiger partial charge in [-0.3, -0.25) is 4.72 Å². The van der Waals surface area contributed by atoms with Crippen LogP contribution in [0.5, 0.6) is 0 Å². The predicted molar refractivity (Wildman–Crippen MR) is 94.9 cm³/mol. The van der Waals surface area contributed by atoms with Crippen molar-refractivity contribution < 1.29 is 8.42 Å². The minimum absolute atomic E-state index is 0.553. The number of piperidine rings is 1. The highest BCUT2D eigenvalue weighted by molar-refractivity contribution is 14.1. The molecule has 0 atom stereocenters. The molecule has 0 amide bonds. The van der Waals surface area contributed by atoms with Gasteiger partial charge in [0.2, 0.25) is 0 Å². The molecule has 0 bridgehead atoms. The number of hydrogen-bond donors (Lipinski definition) is 2. The molecule has 1 aromatic rings.